The van der Waals surface area contributed by atoms with Gasteiger partial charge in [-0.1, -0.05) is 48.4 Å². The molecule has 2 heteroatoms. The van der Waals surface area contributed by atoms with Crippen LogP contribution in [-0.4, -0.2) is 9.97 Å². The number of hydrogen-bond acceptors (Lipinski definition) is 1. The van der Waals surface area contributed by atoms with Crippen molar-refractivity contribution in [2.75, 3.05) is 0 Å². The number of hydrogen-bond donors (Lipinski definition) is 1. The Hall–Kier alpha value is -2.09. The molecule has 1 N–H and O–H groups in total. The first-order valence-electron chi connectivity index (χ1n) is 7.61. The van der Waals surface area contributed by atoms with Gasteiger partial charge in [0.15, 0.2) is 0 Å². The number of aromatic nitrogens is 2. The summed E-state index contributed by atoms with van der Waals surface area (Å²) in [6.45, 7) is 6.63. The van der Waals surface area contributed by atoms with Gasteiger partial charge in [-0.3, -0.25) is 0 Å². The molecule has 0 saturated heterocycles. The van der Waals surface area contributed by atoms with E-state index in [2.05, 4.69) is 61.1 Å². The van der Waals surface area contributed by atoms with Crippen molar-refractivity contribution in [3.8, 4) is 0 Å². The van der Waals surface area contributed by atoms with Gasteiger partial charge in [-0.05, 0) is 43.9 Å². The number of aryl methyl sites for hydroxylation is 2. The molecule has 0 fully saturated rings. The van der Waals surface area contributed by atoms with Crippen molar-refractivity contribution in [1.82, 2.24) is 9.97 Å². The van der Waals surface area contributed by atoms with Crippen LogP contribution in [0.25, 0.3) is 11.0 Å². The predicted molar refractivity (Wildman–Crippen MR) is 88.6 cm³/mol. The van der Waals surface area contributed by atoms with E-state index in [1.807, 2.05) is 12.1 Å². The smallest absolute Gasteiger partial charge is 0.107 e. The van der Waals surface area contributed by atoms with Crippen molar-refractivity contribution in [1.29, 1.82) is 0 Å². The third-order valence-corrected chi connectivity index (χ3v) is 3.85. The van der Waals surface area contributed by atoms with Crippen molar-refractivity contribution in [2.45, 2.75) is 33.6 Å². The SMILES string of the molecule is Cc1cc(C)cc(C[C@H](C)Cc2nc3ccccc3[nH]2)c1. The van der Waals surface area contributed by atoms with Gasteiger partial charge in [-0.2, -0.15) is 0 Å². The summed E-state index contributed by atoms with van der Waals surface area (Å²) in [4.78, 5) is 8.10. The van der Waals surface area contributed by atoms with E-state index in [9.17, 15) is 0 Å². The van der Waals surface area contributed by atoms with Crippen LogP contribution in [0.15, 0.2) is 42.5 Å². The fourth-order valence-electron chi connectivity index (χ4n) is 3.09. The minimum atomic E-state index is 0.576. The average Bonchev–Trinajstić information content (AvgIpc) is 2.78. The molecule has 2 aromatic carbocycles. The van der Waals surface area contributed by atoms with Crippen LogP contribution in [0, 0.1) is 19.8 Å². The molecule has 0 amide bonds. The van der Waals surface area contributed by atoms with Gasteiger partial charge in [-0.15, -0.1) is 0 Å². The standard InChI is InChI=1S/C19H22N2/c1-13-8-14(2)10-16(9-13)11-15(3)12-19-20-17-6-4-5-7-18(17)21-19/h4-10,15H,11-12H2,1-3H3,(H,20,21)/t15-/m0/s1. The summed E-state index contributed by atoms with van der Waals surface area (Å²) in [7, 11) is 0. The van der Waals surface area contributed by atoms with E-state index in [1.165, 1.54) is 16.7 Å². The summed E-state index contributed by atoms with van der Waals surface area (Å²) in [5, 5.41) is 0. The monoisotopic (exact) mass is 278 g/mol. The Balaban J connectivity index is 1.72. The van der Waals surface area contributed by atoms with Gasteiger partial charge in [-0.25, -0.2) is 4.98 Å². The molecule has 0 radical (unpaired) electrons. The van der Waals surface area contributed by atoms with E-state index < -0.39 is 0 Å². The second-order valence-corrected chi connectivity index (χ2v) is 6.21. The lowest BCUT2D eigenvalue weighted by Gasteiger charge is -2.11. The number of H-pyrrole nitrogens is 1. The molecule has 21 heavy (non-hydrogen) atoms. The number of aromatic amines is 1. The van der Waals surface area contributed by atoms with Crippen LogP contribution in [-0.2, 0) is 12.8 Å². The Morgan fingerprint density at radius 3 is 2.43 bits per heavy atom. The zero-order valence-electron chi connectivity index (χ0n) is 13.0. The first-order chi connectivity index (χ1) is 10.1. The minimum absolute atomic E-state index is 0.576. The number of nitrogens with zero attached hydrogens (tertiary/aromatic N) is 1. The van der Waals surface area contributed by atoms with Crippen LogP contribution in [0.5, 0.6) is 0 Å². The third-order valence-electron chi connectivity index (χ3n) is 3.85. The number of rotatable bonds is 4. The van der Waals surface area contributed by atoms with Gasteiger partial charge in [0, 0.05) is 6.42 Å². The van der Waals surface area contributed by atoms with Gasteiger partial charge in [0.1, 0.15) is 5.82 Å². The van der Waals surface area contributed by atoms with Gasteiger partial charge in [0.2, 0.25) is 0 Å². The maximum absolute atomic E-state index is 4.67. The fourth-order valence-corrected chi connectivity index (χ4v) is 3.09. The maximum atomic E-state index is 4.67. The van der Waals surface area contributed by atoms with Crippen LogP contribution in [0.3, 0.4) is 0 Å². The Morgan fingerprint density at radius 2 is 1.71 bits per heavy atom. The van der Waals surface area contributed by atoms with Crippen molar-refractivity contribution in [3.05, 3.63) is 65.0 Å². The predicted octanol–water partition coefficient (Wildman–Crippen LogP) is 4.60. The molecule has 3 aromatic rings. The zero-order chi connectivity index (χ0) is 14.8. The molecule has 0 aliphatic heterocycles. The van der Waals surface area contributed by atoms with Crippen LogP contribution >= 0.6 is 0 Å². The molecule has 1 atom stereocenters. The lowest BCUT2D eigenvalue weighted by atomic mass is 9.95. The molecule has 108 valence electrons. The summed E-state index contributed by atoms with van der Waals surface area (Å²) in [5.74, 6) is 1.67. The lowest BCUT2D eigenvalue weighted by Crippen LogP contribution is -2.05. The van der Waals surface area contributed by atoms with E-state index in [4.69, 9.17) is 0 Å². The van der Waals surface area contributed by atoms with Gasteiger partial charge >= 0.3 is 0 Å². The van der Waals surface area contributed by atoms with E-state index in [0.717, 1.165) is 29.7 Å². The van der Waals surface area contributed by atoms with Crippen molar-refractivity contribution >= 4 is 11.0 Å². The highest BCUT2D eigenvalue weighted by Gasteiger charge is 2.09. The van der Waals surface area contributed by atoms with Gasteiger partial charge < -0.3 is 4.98 Å². The Bertz CT molecular complexity index is 702. The number of imidazole rings is 1. The first kappa shape index (κ1) is 13.9. The molecule has 0 aliphatic carbocycles. The highest BCUT2D eigenvalue weighted by atomic mass is 14.9. The summed E-state index contributed by atoms with van der Waals surface area (Å²) < 4.78 is 0. The topological polar surface area (TPSA) is 28.7 Å². The summed E-state index contributed by atoms with van der Waals surface area (Å²) in [6, 6.07) is 15.0. The van der Waals surface area contributed by atoms with Crippen molar-refractivity contribution < 1.29 is 0 Å². The van der Waals surface area contributed by atoms with Crippen molar-refractivity contribution in [2.24, 2.45) is 5.92 Å². The van der Waals surface area contributed by atoms with E-state index in [-0.39, 0.29) is 0 Å². The Kier molecular flexibility index (Phi) is 3.78. The van der Waals surface area contributed by atoms with Crippen LogP contribution in [0.1, 0.15) is 29.4 Å². The Labute approximate surface area is 126 Å². The number of para-hydroxylation sites is 2. The molecule has 1 heterocycles. The first-order valence-corrected chi connectivity index (χ1v) is 7.61. The molecule has 1 aromatic heterocycles. The molecule has 0 unspecified atom stereocenters. The molecular formula is C19H22N2. The number of benzene rings is 2. The highest BCUT2D eigenvalue weighted by molar-refractivity contribution is 5.74. The van der Waals surface area contributed by atoms with E-state index in [1.54, 1.807) is 0 Å². The van der Waals surface area contributed by atoms with Gasteiger partial charge in [0.05, 0.1) is 11.0 Å². The largest absolute Gasteiger partial charge is 0.342 e. The molecular weight excluding hydrogens is 256 g/mol. The summed E-state index contributed by atoms with van der Waals surface area (Å²) in [6.07, 6.45) is 2.08. The summed E-state index contributed by atoms with van der Waals surface area (Å²) in [5.41, 5.74) is 6.31. The summed E-state index contributed by atoms with van der Waals surface area (Å²) >= 11 is 0. The minimum Gasteiger partial charge on any atom is -0.342 e. The molecule has 2 nitrogen and oxygen atoms in total. The third kappa shape index (κ3) is 3.33. The molecule has 3 rings (SSSR count). The van der Waals surface area contributed by atoms with E-state index in [0.29, 0.717) is 5.92 Å². The van der Waals surface area contributed by atoms with Gasteiger partial charge in [0.25, 0.3) is 0 Å². The van der Waals surface area contributed by atoms with E-state index >= 15 is 0 Å². The van der Waals surface area contributed by atoms with Crippen molar-refractivity contribution in [3.63, 3.8) is 0 Å². The lowest BCUT2D eigenvalue weighted by molar-refractivity contribution is 0.562. The van der Waals surface area contributed by atoms with Crippen LogP contribution in [0.4, 0.5) is 0 Å². The second-order valence-electron chi connectivity index (χ2n) is 6.21. The fraction of sp³-hybridized carbons (Fsp3) is 0.316. The quantitative estimate of drug-likeness (QED) is 0.742. The highest BCUT2D eigenvalue weighted by Crippen LogP contribution is 2.18. The molecule has 0 spiro atoms. The zero-order valence-corrected chi connectivity index (χ0v) is 13.0. The number of fused-ring (bicyclic) bond motifs is 1. The normalized spacial score (nSPS) is 12.7. The molecule has 0 aliphatic rings. The Morgan fingerprint density at radius 1 is 1.00 bits per heavy atom. The number of nitrogens with one attached hydrogen (secondary N) is 1. The van der Waals surface area contributed by atoms with Crippen LogP contribution < -0.4 is 0 Å². The average molecular weight is 278 g/mol. The molecule has 0 saturated carbocycles. The van der Waals surface area contributed by atoms with Crippen LogP contribution in [0.2, 0.25) is 0 Å². The maximum Gasteiger partial charge on any atom is 0.107 e. The molecule has 0 bridgehead atoms. The second kappa shape index (κ2) is 5.72.